The molecule has 2 aromatic heterocycles. The van der Waals surface area contributed by atoms with Gasteiger partial charge in [-0.1, -0.05) is 158 Å². The van der Waals surface area contributed by atoms with Gasteiger partial charge in [0, 0.05) is 36.9 Å². The van der Waals surface area contributed by atoms with Crippen LogP contribution in [0.2, 0.25) is 0 Å². The van der Waals surface area contributed by atoms with Crippen molar-refractivity contribution in [2.75, 3.05) is 0 Å². The molecule has 0 N–H and O–H groups in total. The van der Waals surface area contributed by atoms with E-state index in [0.29, 0.717) is 17.5 Å². The van der Waals surface area contributed by atoms with Crippen molar-refractivity contribution < 1.29 is 0 Å². The van der Waals surface area contributed by atoms with Gasteiger partial charge < -0.3 is 0 Å². The van der Waals surface area contributed by atoms with Crippen molar-refractivity contribution >= 4 is 31.5 Å². The molecule has 9 aromatic rings. The summed E-state index contributed by atoms with van der Waals surface area (Å²) in [5.41, 5.74) is 10.0. The zero-order chi connectivity index (χ0) is 32.6. The minimum Gasteiger partial charge on any atom is -0.208 e. The van der Waals surface area contributed by atoms with Gasteiger partial charge in [0.1, 0.15) is 0 Å². The third-order valence-corrected chi connectivity index (χ3v) is 10.2. The van der Waals surface area contributed by atoms with Gasteiger partial charge in [-0.15, -0.1) is 11.3 Å². The Labute approximate surface area is 288 Å². The van der Waals surface area contributed by atoms with Crippen molar-refractivity contribution in [3.63, 3.8) is 0 Å². The average Bonchev–Trinajstić information content (AvgIpc) is 3.58. The van der Waals surface area contributed by atoms with Crippen LogP contribution >= 0.6 is 11.3 Å². The molecule has 0 bridgehead atoms. The highest BCUT2D eigenvalue weighted by Crippen LogP contribution is 2.44. The number of benzene rings is 7. The molecular weight excluding hydrogens is 615 g/mol. The highest BCUT2D eigenvalue weighted by Gasteiger charge is 2.18. The summed E-state index contributed by atoms with van der Waals surface area (Å²) in [6.45, 7) is 0. The second-order valence-corrected chi connectivity index (χ2v) is 13.1. The first-order chi connectivity index (χ1) is 24.3. The Bertz CT molecular complexity index is 2590. The fourth-order valence-corrected chi connectivity index (χ4v) is 7.88. The minimum atomic E-state index is 0.651. The fourth-order valence-electron chi connectivity index (χ4n) is 6.53. The molecular formula is C45H29N3S. The molecule has 9 rings (SSSR count). The van der Waals surface area contributed by atoms with E-state index in [4.69, 9.17) is 15.0 Å². The number of hydrogen-bond acceptors (Lipinski definition) is 4. The average molecular weight is 644 g/mol. The maximum atomic E-state index is 5.16. The Balaban J connectivity index is 1.22. The number of hydrogen-bond donors (Lipinski definition) is 0. The van der Waals surface area contributed by atoms with Crippen LogP contribution in [0.1, 0.15) is 0 Å². The van der Waals surface area contributed by atoms with E-state index in [1.165, 1.54) is 42.4 Å². The van der Waals surface area contributed by atoms with Crippen molar-refractivity contribution in [3.05, 3.63) is 176 Å². The van der Waals surface area contributed by atoms with Crippen molar-refractivity contribution in [2.24, 2.45) is 0 Å². The third-order valence-electron chi connectivity index (χ3n) is 8.94. The molecule has 0 radical (unpaired) electrons. The molecule has 0 saturated carbocycles. The monoisotopic (exact) mass is 643 g/mol. The van der Waals surface area contributed by atoms with Crippen LogP contribution in [0.5, 0.6) is 0 Å². The van der Waals surface area contributed by atoms with Crippen LogP contribution in [0.3, 0.4) is 0 Å². The van der Waals surface area contributed by atoms with E-state index >= 15 is 0 Å². The lowest BCUT2D eigenvalue weighted by Crippen LogP contribution is -2.00. The van der Waals surface area contributed by atoms with Crippen LogP contribution in [0.15, 0.2) is 176 Å². The molecule has 0 fully saturated rings. The van der Waals surface area contributed by atoms with Gasteiger partial charge in [-0.05, 0) is 51.6 Å². The number of fused-ring (bicyclic) bond motifs is 3. The van der Waals surface area contributed by atoms with Crippen LogP contribution in [0, 0.1) is 0 Å². The third kappa shape index (κ3) is 5.48. The van der Waals surface area contributed by atoms with Gasteiger partial charge in [0.25, 0.3) is 0 Å². The highest BCUT2D eigenvalue weighted by molar-refractivity contribution is 7.26. The normalized spacial score (nSPS) is 11.3. The summed E-state index contributed by atoms with van der Waals surface area (Å²) in [6, 6.07) is 61.5. The molecule has 49 heavy (non-hydrogen) atoms. The van der Waals surface area contributed by atoms with Crippen LogP contribution < -0.4 is 0 Å². The summed E-state index contributed by atoms with van der Waals surface area (Å²) in [5, 5.41) is 2.44. The second kappa shape index (κ2) is 12.4. The number of aromatic nitrogens is 3. The van der Waals surface area contributed by atoms with E-state index in [-0.39, 0.29) is 0 Å². The predicted molar refractivity (Wildman–Crippen MR) is 205 cm³/mol. The standard InChI is InChI=1S/C45H29N3S/c1-4-14-30(15-5-1)33-20-10-22-35(28-33)37-24-12-25-38-39-26-13-27-40(42(39)49-41(37)38)45-47-43(32-18-8-3-9-19-32)46-44(48-45)36-23-11-21-34(29-36)31-16-6-2-7-17-31/h1-29H. The Hall–Kier alpha value is -6.23. The second-order valence-electron chi connectivity index (χ2n) is 12.0. The minimum absolute atomic E-state index is 0.651. The van der Waals surface area contributed by atoms with E-state index in [1.807, 2.05) is 35.6 Å². The Morgan fingerprint density at radius 3 is 1.31 bits per heavy atom. The summed E-state index contributed by atoms with van der Waals surface area (Å²) in [5.74, 6) is 1.97. The maximum absolute atomic E-state index is 5.16. The number of rotatable bonds is 6. The molecule has 0 unspecified atom stereocenters. The van der Waals surface area contributed by atoms with Gasteiger partial charge in [-0.25, -0.2) is 15.0 Å². The number of thiophene rings is 1. The molecule has 0 atom stereocenters. The Morgan fingerprint density at radius 1 is 0.286 bits per heavy atom. The summed E-state index contributed by atoms with van der Waals surface area (Å²) in [4.78, 5) is 15.3. The molecule has 0 aliphatic rings. The van der Waals surface area contributed by atoms with E-state index in [9.17, 15) is 0 Å². The van der Waals surface area contributed by atoms with Crippen LogP contribution in [-0.2, 0) is 0 Å². The van der Waals surface area contributed by atoms with Gasteiger partial charge in [0.05, 0.1) is 0 Å². The van der Waals surface area contributed by atoms with Gasteiger partial charge in [0.15, 0.2) is 17.5 Å². The van der Waals surface area contributed by atoms with Gasteiger partial charge in [0.2, 0.25) is 0 Å². The molecule has 0 spiro atoms. The zero-order valence-corrected chi connectivity index (χ0v) is 27.3. The van der Waals surface area contributed by atoms with Crippen molar-refractivity contribution in [2.45, 2.75) is 0 Å². The quantitative estimate of drug-likeness (QED) is 0.181. The van der Waals surface area contributed by atoms with Gasteiger partial charge in [-0.2, -0.15) is 0 Å². The first-order valence-corrected chi connectivity index (χ1v) is 17.2. The van der Waals surface area contributed by atoms with Crippen LogP contribution in [0.25, 0.3) is 87.7 Å². The molecule has 2 heterocycles. The van der Waals surface area contributed by atoms with E-state index < -0.39 is 0 Å². The maximum Gasteiger partial charge on any atom is 0.165 e. The van der Waals surface area contributed by atoms with Gasteiger partial charge >= 0.3 is 0 Å². The highest BCUT2D eigenvalue weighted by atomic mass is 32.1. The first-order valence-electron chi connectivity index (χ1n) is 16.4. The molecule has 7 aromatic carbocycles. The molecule has 4 heteroatoms. The SMILES string of the molecule is c1ccc(-c2cccc(-c3nc(-c4ccccc4)nc(-c4cccc5c4sc4c(-c6cccc(-c7ccccc7)c6)cccc45)n3)c2)cc1. The van der Waals surface area contributed by atoms with Crippen LogP contribution in [-0.4, -0.2) is 15.0 Å². The van der Waals surface area contributed by atoms with Gasteiger partial charge in [-0.3, -0.25) is 0 Å². The topological polar surface area (TPSA) is 38.7 Å². The van der Waals surface area contributed by atoms with E-state index in [0.717, 1.165) is 27.8 Å². The smallest absolute Gasteiger partial charge is 0.165 e. The largest absolute Gasteiger partial charge is 0.208 e. The molecule has 0 aliphatic heterocycles. The predicted octanol–water partition coefficient (Wildman–Crippen LogP) is 12.2. The lowest BCUT2D eigenvalue weighted by atomic mass is 9.98. The van der Waals surface area contributed by atoms with Crippen LogP contribution in [0.4, 0.5) is 0 Å². The van der Waals surface area contributed by atoms with Crippen molar-refractivity contribution in [3.8, 4) is 67.5 Å². The fraction of sp³-hybridized carbons (Fsp3) is 0. The van der Waals surface area contributed by atoms with Crippen molar-refractivity contribution in [1.29, 1.82) is 0 Å². The molecule has 230 valence electrons. The Morgan fingerprint density at radius 2 is 0.694 bits per heavy atom. The first kappa shape index (κ1) is 29.0. The molecule has 0 aliphatic carbocycles. The molecule has 0 saturated heterocycles. The molecule has 0 amide bonds. The number of nitrogens with zero attached hydrogens (tertiary/aromatic N) is 3. The summed E-state index contributed by atoms with van der Waals surface area (Å²) < 4.78 is 2.42. The summed E-state index contributed by atoms with van der Waals surface area (Å²) >= 11 is 1.81. The zero-order valence-electron chi connectivity index (χ0n) is 26.5. The lowest BCUT2D eigenvalue weighted by Gasteiger charge is -2.10. The summed E-state index contributed by atoms with van der Waals surface area (Å²) in [7, 11) is 0. The van der Waals surface area contributed by atoms with E-state index in [2.05, 4.69) is 152 Å². The Kier molecular flexibility index (Phi) is 7.34. The summed E-state index contributed by atoms with van der Waals surface area (Å²) in [6.07, 6.45) is 0. The molecule has 3 nitrogen and oxygen atoms in total. The van der Waals surface area contributed by atoms with Crippen molar-refractivity contribution in [1.82, 2.24) is 15.0 Å². The lowest BCUT2D eigenvalue weighted by molar-refractivity contribution is 1.08. The van der Waals surface area contributed by atoms with E-state index in [1.54, 1.807) is 0 Å².